The van der Waals surface area contributed by atoms with E-state index in [1.54, 1.807) is 0 Å². The molecule has 6 radical (unpaired) electrons. The Morgan fingerprint density at radius 2 is 0.909 bits per heavy atom. The van der Waals surface area contributed by atoms with Crippen molar-refractivity contribution < 1.29 is 111 Å². The van der Waals surface area contributed by atoms with E-state index in [4.69, 9.17) is 5.73 Å². The fraction of sp³-hybridized carbons (Fsp3) is 0.750. The predicted molar refractivity (Wildman–Crippen MR) is 25.9 cm³/mol. The third-order valence-electron chi connectivity index (χ3n) is 0.250. The predicted octanol–water partition coefficient (Wildman–Crippen LogP) is 1.88. The standard InChI is InChI=1S/C3H8N.CH3.6V/c1-2-3-4;;;;;;;/h4H,2-3H2,1H3;1H3;;;;;;/q2*-1;;;;;;. The molecule has 0 heterocycles. The molecular formula is C4H11NV6-2. The van der Waals surface area contributed by atoms with Crippen LogP contribution in [0.5, 0.6) is 0 Å². The first-order valence-electron chi connectivity index (χ1n) is 1.56. The zero-order chi connectivity index (χ0) is 3.41. The van der Waals surface area contributed by atoms with Crippen molar-refractivity contribution in [3.63, 3.8) is 0 Å². The maximum atomic E-state index is 6.45. The van der Waals surface area contributed by atoms with Crippen molar-refractivity contribution >= 4 is 0 Å². The van der Waals surface area contributed by atoms with Gasteiger partial charge in [0.25, 0.3) is 0 Å². The molecule has 1 N–H and O–H groups in total. The molecular weight excluding hydrogens is 368 g/mol. The molecule has 64 valence electrons. The van der Waals surface area contributed by atoms with Crippen LogP contribution in [0.15, 0.2) is 0 Å². The Morgan fingerprint density at radius 3 is 0.909 bits per heavy atom. The maximum Gasteiger partial charge on any atom is 0 e. The van der Waals surface area contributed by atoms with Crippen molar-refractivity contribution in [2.45, 2.75) is 13.3 Å². The molecule has 0 aromatic heterocycles. The summed E-state index contributed by atoms with van der Waals surface area (Å²) >= 11 is 0. The summed E-state index contributed by atoms with van der Waals surface area (Å²) in [7, 11) is 0. The summed E-state index contributed by atoms with van der Waals surface area (Å²) in [4.78, 5) is 0. The smallest absolute Gasteiger partial charge is 0 e. The molecule has 0 spiro atoms. The Morgan fingerprint density at radius 1 is 0.818 bits per heavy atom. The summed E-state index contributed by atoms with van der Waals surface area (Å²) in [6.07, 6.45) is 0.986. The van der Waals surface area contributed by atoms with Crippen LogP contribution in [0, 0.1) is 7.43 Å². The monoisotopic (exact) mass is 379 g/mol. The van der Waals surface area contributed by atoms with Crippen LogP contribution in [-0.2, 0) is 111 Å². The first kappa shape index (κ1) is 62.7. The Bertz CT molecular complexity index is 16.5. The fourth-order valence-corrected chi connectivity index (χ4v) is 0. The first-order valence-corrected chi connectivity index (χ1v) is 1.56. The molecule has 0 rings (SSSR count). The van der Waals surface area contributed by atoms with Crippen molar-refractivity contribution in [1.82, 2.24) is 0 Å². The van der Waals surface area contributed by atoms with Crippen LogP contribution in [0.4, 0.5) is 0 Å². The van der Waals surface area contributed by atoms with Crippen LogP contribution in [0.25, 0.3) is 5.73 Å². The molecule has 0 unspecified atom stereocenters. The Labute approximate surface area is 142 Å². The third-order valence-corrected chi connectivity index (χ3v) is 0.250. The molecule has 7 heteroatoms. The first-order chi connectivity index (χ1) is 1.91. The van der Waals surface area contributed by atoms with Crippen LogP contribution in [0.2, 0.25) is 0 Å². The summed E-state index contributed by atoms with van der Waals surface area (Å²) in [5.74, 6) is 0. The normalized spacial score (nSPS) is 2.73. The molecule has 1 nitrogen and oxygen atoms in total. The molecule has 0 aliphatic heterocycles. The van der Waals surface area contributed by atoms with E-state index in [0.717, 1.165) is 6.42 Å². The second-order valence-electron chi connectivity index (χ2n) is 0.750. The van der Waals surface area contributed by atoms with Crippen molar-refractivity contribution in [3.05, 3.63) is 13.2 Å². The van der Waals surface area contributed by atoms with Gasteiger partial charge in [0, 0.05) is 111 Å². The number of hydrogen-bond acceptors (Lipinski definition) is 0. The van der Waals surface area contributed by atoms with E-state index < -0.39 is 0 Å². The maximum absolute atomic E-state index is 6.45. The minimum Gasteiger partial charge on any atom is -0.677 e. The summed E-state index contributed by atoms with van der Waals surface area (Å²) in [5.41, 5.74) is 6.45. The van der Waals surface area contributed by atoms with Gasteiger partial charge in [0.1, 0.15) is 0 Å². The minimum absolute atomic E-state index is 0. The molecule has 0 atom stereocenters. The summed E-state index contributed by atoms with van der Waals surface area (Å²) in [5, 5.41) is 0. The number of hydrogen-bond donors (Lipinski definition) is 0. The van der Waals surface area contributed by atoms with Crippen molar-refractivity contribution in [3.8, 4) is 0 Å². The van der Waals surface area contributed by atoms with E-state index in [1.165, 1.54) is 0 Å². The van der Waals surface area contributed by atoms with Gasteiger partial charge in [-0.05, 0) is 0 Å². The molecule has 0 aliphatic rings. The van der Waals surface area contributed by atoms with Gasteiger partial charge in [0.15, 0.2) is 0 Å². The van der Waals surface area contributed by atoms with Gasteiger partial charge in [-0.25, -0.2) is 0 Å². The van der Waals surface area contributed by atoms with E-state index in [-0.39, 0.29) is 119 Å². The summed E-state index contributed by atoms with van der Waals surface area (Å²) in [6, 6.07) is 0. The number of nitrogens with one attached hydrogen (secondary N) is 1. The second-order valence-corrected chi connectivity index (χ2v) is 0.750. The largest absolute Gasteiger partial charge is 0.677 e. The molecule has 0 saturated heterocycles. The van der Waals surface area contributed by atoms with E-state index in [9.17, 15) is 0 Å². The van der Waals surface area contributed by atoms with Crippen LogP contribution < -0.4 is 0 Å². The number of rotatable bonds is 1. The molecule has 0 amide bonds. The average molecular weight is 379 g/mol. The topological polar surface area (TPSA) is 23.8 Å². The summed E-state index contributed by atoms with van der Waals surface area (Å²) in [6.45, 7) is 2.56. The van der Waals surface area contributed by atoms with Crippen molar-refractivity contribution in [2.24, 2.45) is 0 Å². The van der Waals surface area contributed by atoms with Crippen LogP contribution in [0.3, 0.4) is 0 Å². The molecule has 0 saturated carbocycles. The third kappa shape index (κ3) is 88.8. The van der Waals surface area contributed by atoms with Crippen molar-refractivity contribution in [2.75, 3.05) is 6.54 Å². The quantitative estimate of drug-likeness (QED) is 0.622. The van der Waals surface area contributed by atoms with Gasteiger partial charge < -0.3 is 13.2 Å². The Kier molecular flexibility index (Phi) is 399. The van der Waals surface area contributed by atoms with Gasteiger partial charge in [-0.1, -0.05) is 13.3 Å². The molecule has 0 fully saturated rings. The molecule has 0 bridgehead atoms. The van der Waals surface area contributed by atoms with E-state index in [0.29, 0.717) is 6.54 Å². The van der Waals surface area contributed by atoms with E-state index in [2.05, 4.69) is 0 Å². The van der Waals surface area contributed by atoms with Gasteiger partial charge in [-0.3, -0.25) is 0 Å². The molecule has 0 aliphatic carbocycles. The fourth-order valence-electron chi connectivity index (χ4n) is 0. The Balaban J connectivity index is -0.00000000214. The van der Waals surface area contributed by atoms with Gasteiger partial charge >= 0.3 is 0 Å². The molecule has 0 aromatic rings. The molecule has 0 aromatic carbocycles. The average Bonchev–Trinajstić information content (AvgIpc) is 1.37. The van der Waals surface area contributed by atoms with Crippen LogP contribution >= 0.6 is 0 Å². The zero-order valence-electron chi connectivity index (χ0n) is 6.60. The molecule has 11 heavy (non-hydrogen) atoms. The van der Waals surface area contributed by atoms with E-state index >= 15 is 0 Å². The van der Waals surface area contributed by atoms with Gasteiger partial charge in [0.2, 0.25) is 0 Å². The summed E-state index contributed by atoms with van der Waals surface area (Å²) < 4.78 is 0. The van der Waals surface area contributed by atoms with Crippen molar-refractivity contribution in [1.29, 1.82) is 0 Å². The Hall–Kier alpha value is 3.47. The van der Waals surface area contributed by atoms with E-state index in [1.807, 2.05) is 6.92 Å². The second kappa shape index (κ2) is 70.0. The zero-order valence-corrected chi connectivity index (χ0v) is 15.0. The van der Waals surface area contributed by atoms with Gasteiger partial charge in [-0.15, -0.1) is 0 Å². The van der Waals surface area contributed by atoms with Crippen LogP contribution in [-0.4, -0.2) is 6.54 Å². The minimum atomic E-state index is 0. The van der Waals surface area contributed by atoms with Crippen LogP contribution in [0.1, 0.15) is 13.3 Å². The van der Waals surface area contributed by atoms with Gasteiger partial charge in [-0.2, -0.15) is 6.54 Å². The van der Waals surface area contributed by atoms with Gasteiger partial charge in [0.05, 0.1) is 0 Å². The SMILES string of the molecule is CCC[NH-].[CH3-].[V].[V].[V].[V].[V].[V].